The summed E-state index contributed by atoms with van der Waals surface area (Å²) in [5.41, 5.74) is 6.76. The van der Waals surface area contributed by atoms with Gasteiger partial charge in [-0.2, -0.15) is 0 Å². The number of piperidine rings is 1. The molecule has 1 aliphatic heterocycles. The number of hydrogen-bond acceptors (Lipinski definition) is 6. The highest BCUT2D eigenvalue weighted by molar-refractivity contribution is 7.21. The lowest BCUT2D eigenvalue weighted by Crippen LogP contribution is -2.50. The summed E-state index contributed by atoms with van der Waals surface area (Å²) in [7, 11) is 0. The molecule has 20 heavy (non-hydrogen) atoms. The minimum atomic E-state index is -0.498. The fraction of sp³-hybridized carbons (Fsp3) is 0.333. The molecule has 3 heterocycles. The van der Waals surface area contributed by atoms with Gasteiger partial charge >= 0.3 is 0 Å². The Balaban J connectivity index is 1.85. The van der Waals surface area contributed by atoms with Crippen LogP contribution in [-0.4, -0.2) is 34.4 Å². The third-order valence-corrected chi connectivity index (χ3v) is 4.26. The fourth-order valence-electron chi connectivity index (χ4n) is 2.15. The molecule has 0 aromatic carbocycles. The van der Waals surface area contributed by atoms with Crippen molar-refractivity contribution in [3.05, 3.63) is 17.3 Å². The van der Waals surface area contributed by atoms with Crippen LogP contribution in [0.15, 0.2) is 12.4 Å². The van der Waals surface area contributed by atoms with Crippen LogP contribution in [0.3, 0.4) is 0 Å². The second kappa shape index (κ2) is 5.04. The van der Waals surface area contributed by atoms with Gasteiger partial charge in [0.05, 0.1) is 5.69 Å². The van der Waals surface area contributed by atoms with Crippen LogP contribution in [0.2, 0.25) is 0 Å². The highest BCUT2D eigenvalue weighted by Crippen LogP contribution is 2.30. The Morgan fingerprint density at radius 1 is 1.45 bits per heavy atom. The lowest BCUT2D eigenvalue weighted by molar-refractivity contribution is -0.124. The van der Waals surface area contributed by atoms with Crippen molar-refractivity contribution in [3.8, 4) is 0 Å². The summed E-state index contributed by atoms with van der Waals surface area (Å²) in [5, 5.41) is 5.43. The third kappa shape index (κ3) is 2.18. The second-order valence-corrected chi connectivity index (χ2v) is 5.51. The van der Waals surface area contributed by atoms with Crippen LogP contribution in [0, 0.1) is 0 Å². The van der Waals surface area contributed by atoms with Gasteiger partial charge in [0.25, 0.3) is 5.91 Å². The molecule has 0 radical (unpaired) electrons. The van der Waals surface area contributed by atoms with Crippen molar-refractivity contribution in [2.45, 2.75) is 18.9 Å². The van der Waals surface area contributed by atoms with E-state index < -0.39 is 6.04 Å². The molecule has 1 fully saturated rings. The van der Waals surface area contributed by atoms with Gasteiger partial charge in [-0.05, 0) is 12.8 Å². The van der Waals surface area contributed by atoms with E-state index in [2.05, 4.69) is 20.6 Å². The molecule has 7 nitrogen and oxygen atoms in total. The highest BCUT2D eigenvalue weighted by atomic mass is 32.1. The number of nitrogens with one attached hydrogen (secondary N) is 2. The Labute approximate surface area is 118 Å². The molecule has 4 N–H and O–H groups in total. The van der Waals surface area contributed by atoms with Gasteiger partial charge in [-0.1, -0.05) is 0 Å². The number of carbonyl (C=O) groups excluding carboxylic acids is 2. The van der Waals surface area contributed by atoms with E-state index in [4.69, 9.17) is 5.73 Å². The van der Waals surface area contributed by atoms with Gasteiger partial charge < -0.3 is 16.4 Å². The second-order valence-electron chi connectivity index (χ2n) is 4.51. The van der Waals surface area contributed by atoms with E-state index in [9.17, 15) is 9.59 Å². The zero-order chi connectivity index (χ0) is 14.1. The molecule has 1 atom stereocenters. The Morgan fingerprint density at radius 3 is 3.00 bits per heavy atom. The number of nitrogens with zero attached hydrogens (tertiary/aromatic N) is 2. The first kappa shape index (κ1) is 12.8. The first-order chi connectivity index (χ1) is 9.66. The van der Waals surface area contributed by atoms with Gasteiger partial charge in [-0.25, -0.2) is 9.97 Å². The maximum atomic E-state index is 12.2. The Bertz CT molecular complexity index is 684. The predicted octanol–water partition coefficient (Wildman–Crippen LogP) is 0.282. The molecule has 1 unspecified atom stereocenters. The molecule has 104 valence electrons. The first-order valence-corrected chi connectivity index (χ1v) is 7.06. The maximum Gasteiger partial charge on any atom is 0.264 e. The molecule has 0 saturated carbocycles. The van der Waals surface area contributed by atoms with E-state index in [1.54, 1.807) is 6.20 Å². The summed E-state index contributed by atoms with van der Waals surface area (Å²) in [4.78, 5) is 33.1. The van der Waals surface area contributed by atoms with Crippen LogP contribution in [0.1, 0.15) is 22.5 Å². The van der Waals surface area contributed by atoms with Crippen molar-refractivity contribution in [1.29, 1.82) is 0 Å². The number of nitrogens with two attached hydrogens (primary N) is 1. The smallest absolute Gasteiger partial charge is 0.264 e. The van der Waals surface area contributed by atoms with Crippen molar-refractivity contribution in [1.82, 2.24) is 20.6 Å². The summed E-state index contributed by atoms with van der Waals surface area (Å²) in [6.45, 7) is 0.657. The Kier molecular flexibility index (Phi) is 3.23. The lowest BCUT2D eigenvalue weighted by Gasteiger charge is -2.22. The zero-order valence-electron chi connectivity index (χ0n) is 10.5. The van der Waals surface area contributed by atoms with Gasteiger partial charge in [0.15, 0.2) is 0 Å². The monoisotopic (exact) mass is 291 g/mol. The third-order valence-electron chi connectivity index (χ3n) is 3.16. The minimum absolute atomic E-state index is 0.152. The number of anilines is 1. The van der Waals surface area contributed by atoms with Crippen LogP contribution in [-0.2, 0) is 4.79 Å². The molecule has 0 aliphatic carbocycles. The van der Waals surface area contributed by atoms with E-state index in [1.165, 1.54) is 17.5 Å². The fourth-order valence-corrected chi connectivity index (χ4v) is 3.07. The minimum Gasteiger partial charge on any atom is -0.396 e. The topological polar surface area (TPSA) is 110 Å². The van der Waals surface area contributed by atoms with Crippen molar-refractivity contribution in [3.63, 3.8) is 0 Å². The van der Waals surface area contributed by atoms with E-state index in [-0.39, 0.29) is 11.8 Å². The van der Waals surface area contributed by atoms with Gasteiger partial charge in [0.1, 0.15) is 21.3 Å². The first-order valence-electron chi connectivity index (χ1n) is 6.24. The van der Waals surface area contributed by atoms with Crippen LogP contribution >= 0.6 is 11.3 Å². The molecule has 0 spiro atoms. The number of amides is 2. The van der Waals surface area contributed by atoms with Crippen molar-refractivity contribution in [2.75, 3.05) is 12.3 Å². The summed E-state index contributed by atoms with van der Waals surface area (Å²) in [6.07, 6.45) is 4.57. The molecule has 3 rings (SSSR count). The molecule has 2 aromatic rings. The Morgan fingerprint density at radius 2 is 2.25 bits per heavy atom. The number of hydrogen-bond donors (Lipinski definition) is 3. The molecular weight excluding hydrogens is 278 g/mol. The summed E-state index contributed by atoms with van der Waals surface area (Å²) < 4.78 is 0. The number of fused-ring (bicyclic) bond motifs is 1. The van der Waals surface area contributed by atoms with E-state index in [0.29, 0.717) is 33.9 Å². The van der Waals surface area contributed by atoms with Gasteiger partial charge in [-0.3, -0.25) is 9.59 Å². The van der Waals surface area contributed by atoms with E-state index in [1.807, 2.05) is 0 Å². The van der Waals surface area contributed by atoms with Crippen LogP contribution in [0.4, 0.5) is 5.69 Å². The predicted molar refractivity (Wildman–Crippen MR) is 75.3 cm³/mol. The maximum absolute atomic E-state index is 12.2. The van der Waals surface area contributed by atoms with E-state index in [0.717, 1.165) is 6.42 Å². The number of thiophene rings is 1. The van der Waals surface area contributed by atoms with Crippen LogP contribution in [0.5, 0.6) is 0 Å². The molecule has 8 heteroatoms. The van der Waals surface area contributed by atoms with Gasteiger partial charge in [0, 0.05) is 18.9 Å². The highest BCUT2D eigenvalue weighted by Gasteiger charge is 2.26. The molecule has 1 saturated heterocycles. The van der Waals surface area contributed by atoms with Crippen molar-refractivity contribution in [2.24, 2.45) is 0 Å². The quantitative estimate of drug-likeness (QED) is 0.736. The summed E-state index contributed by atoms with van der Waals surface area (Å²) in [6, 6.07) is -0.498. The summed E-state index contributed by atoms with van der Waals surface area (Å²) >= 11 is 1.18. The average molecular weight is 291 g/mol. The molecule has 0 bridgehead atoms. The Hall–Kier alpha value is -2.22. The number of carbonyl (C=O) groups is 2. The molecule has 2 amide bonds. The number of aromatic nitrogens is 2. The van der Waals surface area contributed by atoms with Crippen LogP contribution in [0.25, 0.3) is 10.3 Å². The number of nitrogen functional groups attached to an aromatic ring is 1. The van der Waals surface area contributed by atoms with Crippen LogP contribution < -0.4 is 16.4 Å². The summed E-state index contributed by atoms with van der Waals surface area (Å²) in [5.74, 6) is -0.505. The SMILES string of the molecule is Nc1c(C(=O)NC2CCCNC2=O)sc2nccnc12. The average Bonchev–Trinajstić information content (AvgIpc) is 2.79. The standard InChI is InChI=1S/C12H13N5O2S/c13-7-8-12(16-5-4-14-8)20-9(7)11(19)17-6-2-1-3-15-10(6)18/h4-6H,1-3,13H2,(H,15,18)(H,17,19). The van der Waals surface area contributed by atoms with Gasteiger partial charge in [0.2, 0.25) is 5.91 Å². The molecular formula is C12H13N5O2S. The largest absolute Gasteiger partial charge is 0.396 e. The van der Waals surface area contributed by atoms with Gasteiger partial charge in [-0.15, -0.1) is 11.3 Å². The normalized spacial score (nSPS) is 18.8. The molecule has 1 aliphatic rings. The zero-order valence-corrected chi connectivity index (χ0v) is 11.4. The molecule has 2 aromatic heterocycles. The van der Waals surface area contributed by atoms with Crippen molar-refractivity contribution >= 4 is 39.2 Å². The number of rotatable bonds is 2. The lowest BCUT2D eigenvalue weighted by atomic mass is 10.1. The van der Waals surface area contributed by atoms with E-state index >= 15 is 0 Å². The van der Waals surface area contributed by atoms with Crippen molar-refractivity contribution < 1.29 is 9.59 Å².